The number of hydrogen-bond donors (Lipinski definition) is 3. The molecule has 1 aliphatic rings. The number of carbonyl (C=O) groups excluding carboxylic acids is 1. The summed E-state index contributed by atoms with van der Waals surface area (Å²) in [6.07, 6.45) is 5.06. The standard InChI is InChI=1S/C17H29N3O3/c1-13(11-15(21)16-7-6-10-23-16)18-17(22)19-14(2)12-20-8-4-3-5-9-20/h6-7,10,13-15,21H,3-5,8-9,11-12H2,1-2H3,(H2,18,19,22). The molecule has 1 aromatic rings. The molecule has 0 bridgehead atoms. The average molecular weight is 323 g/mol. The molecule has 3 N–H and O–H groups in total. The number of aliphatic hydroxyl groups is 1. The summed E-state index contributed by atoms with van der Waals surface area (Å²) in [6, 6.07) is 3.25. The lowest BCUT2D eigenvalue weighted by Gasteiger charge is -2.29. The topological polar surface area (TPSA) is 77.7 Å². The minimum absolute atomic E-state index is 0.107. The van der Waals surface area contributed by atoms with Crippen LogP contribution < -0.4 is 10.6 Å². The van der Waals surface area contributed by atoms with Gasteiger partial charge in [0, 0.05) is 25.0 Å². The molecule has 3 unspecified atom stereocenters. The first-order valence-corrected chi connectivity index (χ1v) is 8.55. The van der Waals surface area contributed by atoms with Crippen LogP contribution in [-0.2, 0) is 0 Å². The van der Waals surface area contributed by atoms with Gasteiger partial charge in [-0.1, -0.05) is 6.42 Å². The number of rotatable bonds is 7. The van der Waals surface area contributed by atoms with Gasteiger partial charge in [-0.3, -0.25) is 0 Å². The SMILES string of the molecule is CC(CC(O)c1ccco1)NC(=O)NC(C)CN1CCCCC1. The Morgan fingerprint density at radius 3 is 2.61 bits per heavy atom. The summed E-state index contributed by atoms with van der Waals surface area (Å²) in [7, 11) is 0. The molecule has 1 aliphatic heterocycles. The summed E-state index contributed by atoms with van der Waals surface area (Å²) in [5.41, 5.74) is 0. The average Bonchev–Trinajstić information content (AvgIpc) is 3.01. The van der Waals surface area contributed by atoms with E-state index in [0.29, 0.717) is 12.2 Å². The van der Waals surface area contributed by atoms with E-state index >= 15 is 0 Å². The molecule has 1 fully saturated rings. The second-order valence-corrected chi connectivity index (χ2v) is 6.55. The maximum atomic E-state index is 12.0. The van der Waals surface area contributed by atoms with E-state index in [1.165, 1.54) is 25.5 Å². The predicted molar refractivity (Wildman–Crippen MR) is 89.2 cm³/mol. The van der Waals surface area contributed by atoms with E-state index in [1.54, 1.807) is 12.1 Å². The van der Waals surface area contributed by atoms with Crippen molar-refractivity contribution in [2.24, 2.45) is 0 Å². The molecule has 2 rings (SSSR count). The van der Waals surface area contributed by atoms with E-state index in [2.05, 4.69) is 15.5 Å². The lowest BCUT2D eigenvalue weighted by atomic mass is 10.1. The normalized spacial score (nSPS) is 19.8. The number of aliphatic hydroxyl groups excluding tert-OH is 1. The van der Waals surface area contributed by atoms with Gasteiger partial charge in [-0.25, -0.2) is 4.79 Å². The number of amides is 2. The highest BCUT2D eigenvalue weighted by Crippen LogP contribution is 2.18. The fourth-order valence-electron chi connectivity index (χ4n) is 3.06. The van der Waals surface area contributed by atoms with Crippen LogP contribution in [0.5, 0.6) is 0 Å². The van der Waals surface area contributed by atoms with Crippen molar-refractivity contribution in [1.29, 1.82) is 0 Å². The Kier molecular flexibility index (Phi) is 6.92. The molecule has 1 aromatic heterocycles. The van der Waals surface area contributed by atoms with E-state index in [0.717, 1.165) is 19.6 Å². The molecule has 2 amide bonds. The number of nitrogens with zero attached hydrogens (tertiary/aromatic N) is 1. The van der Waals surface area contributed by atoms with Crippen molar-refractivity contribution < 1.29 is 14.3 Å². The van der Waals surface area contributed by atoms with Gasteiger partial charge >= 0.3 is 6.03 Å². The van der Waals surface area contributed by atoms with Gasteiger partial charge in [-0.05, 0) is 51.9 Å². The third-order valence-electron chi connectivity index (χ3n) is 4.18. The first kappa shape index (κ1) is 17.8. The molecular formula is C17H29N3O3. The molecule has 6 heteroatoms. The Balaban J connectivity index is 1.66. The number of likely N-dealkylation sites (tertiary alicyclic amines) is 1. The van der Waals surface area contributed by atoms with E-state index in [4.69, 9.17) is 4.42 Å². The van der Waals surface area contributed by atoms with Crippen molar-refractivity contribution in [2.45, 2.75) is 57.7 Å². The number of nitrogens with one attached hydrogen (secondary N) is 2. The Bertz CT molecular complexity index is 458. The molecule has 0 radical (unpaired) electrons. The molecule has 6 nitrogen and oxygen atoms in total. The maximum absolute atomic E-state index is 12.0. The van der Waals surface area contributed by atoms with E-state index in [9.17, 15) is 9.90 Å². The van der Waals surface area contributed by atoms with E-state index in [-0.39, 0.29) is 18.1 Å². The van der Waals surface area contributed by atoms with Crippen molar-refractivity contribution in [2.75, 3.05) is 19.6 Å². The highest BCUT2D eigenvalue weighted by molar-refractivity contribution is 5.74. The van der Waals surface area contributed by atoms with Gasteiger partial charge in [0.1, 0.15) is 11.9 Å². The van der Waals surface area contributed by atoms with Gasteiger partial charge in [-0.15, -0.1) is 0 Å². The van der Waals surface area contributed by atoms with Crippen LogP contribution in [0.3, 0.4) is 0 Å². The van der Waals surface area contributed by atoms with E-state index < -0.39 is 6.10 Å². The Hall–Kier alpha value is -1.53. The van der Waals surface area contributed by atoms with Crippen molar-refractivity contribution in [3.63, 3.8) is 0 Å². The smallest absolute Gasteiger partial charge is 0.315 e. The zero-order valence-corrected chi connectivity index (χ0v) is 14.1. The number of urea groups is 1. The van der Waals surface area contributed by atoms with Crippen molar-refractivity contribution in [1.82, 2.24) is 15.5 Å². The van der Waals surface area contributed by atoms with Crippen LogP contribution in [0.15, 0.2) is 22.8 Å². The highest BCUT2D eigenvalue weighted by atomic mass is 16.4. The molecule has 23 heavy (non-hydrogen) atoms. The highest BCUT2D eigenvalue weighted by Gasteiger charge is 2.18. The molecule has 130 valence electrons. The number of furan rings is 1. The number of piperidine rings is 1. The molecule has 0 aromatic carbocycles. The zero-order chi connectivity index (χ0) is 16.7. The maximum Gasteiger partial charge on any atom is 0.315 e. The Morgan fingerprint density at radius 1 is 1.26 bits per heavy atom. The van der Waals surface area contributed by atoms with Crippen LogP contribution in [-0.4, -0.2) is 47.8 Å². The third kappa shape index (κ3) is 6.23. The van der Waals surface area contributed by atoms with Crippen LogP contribution in [0.1, 0.15) is 51.4 Å². The summed E-state index contributed by atoms with van der Waals surface area (Å²) in [5, 5.41) is 15.9. The van der Waals surface area contributed by atoms with Gasteiger partial charge in [-0.2, -0.15) is 0 Å². The van der Waals surface area contributed by atoms with Crippen molar-refractivity contribution >= 4 is 6.03 Å². The zero-order valence-electron chi connectivity index (χ0n) is 14.1. The minimum atomic E-state index is -0.703. The third-order valence-corrected chi connectivity index (χ3v) is 4.18. The lowest BCUT2D eigenvalue weighted by Crippen LogP contribution is -2.49. The summed E-state index contributed by atoms with van der Waals surface area (Å²) in [6.45, 7) is 7.03. The molecular weight excluding hydrogens is 294 g/mol. The van der Waals surface area contributed by atoms with E-state index in [1.807, 2.05) is 13.8 Å². The molecule has 0 saturated carbocycles. The van der Waals surface area contributed by atoms with Crippen LogP contribution in [0.4, 0.5) is 4.79 Å². The largest absolute Gasteiger partial charge is 0.467 e. The first-order chi connectivity index (χ1) is 11.0. The number of carbonyl (C=O) groups is 1. The Labute approximate surface area is 138 Å². The first-order valence-electron chi connectivity index (χ1n) is 8.55. The van der Waals surface area contributed by atoms with Gasteiger partial charge < -0.3 is 25.1 Å². The second-order valence-electron chi connectivity index (χ2n) is 6.55. The van der Waals surface area contributed by atoms with Crippen LogP contribution >= 0.6 is 0 Å². The second kappa shape index (κ2) is 8.93. The molecule has 0 spiro atoms. The molecule has 0 aliphatic carbocycles. The summed E-state index contributed by atoms with van der Waals surface area (Å²) < 4.78 is 5.17. The van der Waals surface area contributed by atoms with Crippen LogP contribution in [0, 0.1) is 0 Å². The molecule has 2 heterocycles. The van der Waals surface area contributed by atoms with Gasteiger partial charge in [0.2, 0.25) is 0 Å². The predicted octanol–water partition coefficient (Wildman–Crippen LogP) is 2.27. The fourth-order valence-corrected chi connectivity index (χ4v) is 3.06. The summed E-state index contributed by atoms with van der Waals surface area (Å²) in [5.74, 6) is 0.525. The van der Waals surface area contributed by atoms with Gasteiger partial charge in [0.05, 0.1) is 6.26 Å². The Morgan fingerprint density at radius 2 is 1.96 bits per heavy atom. The van der Waals surface area contributed by atoms with Crippen molar-refractivity contribution in [3.8, 4) is 0 Å². The number of hydrogen-bond acceptors (Lipinski definition) is 4. The van der Waals surface area contributed by atoms with Gasteiger partial charge in [0.15, 0.2) is 0 Å². The van der Waals surface area contributed by atoms with Gasteiger partial charge in [0.25, 0.3) is 0 Å². The fraction of sp³-hybridized carbons (Fsp3) is 0.706. The summed E-state index contributed by atoms with van der Waals surface area (Å²) >= 11 is 0. The minimum Gasteiger partial charge on any atom is -0.467 e. The molecule has 3 atom stereocenters. The van der Waals surface area contributed by atoms with Crippen molar-refractivity contribution in [3.05, 3.63) is 24.2 Å². The van der Waals surface area contributed by atoms with Crippen LogP contribution in [0.2, 0.25) is 0 Å². The summed E-state index contributed by atoms with van der Waals surface area (Å²) in [4.78, 5) is 14.4. The molecule has 1 saturated heterocycles. The van der Waals surface area contributed by atoms with Crippen LogP contribution in [0.25, 0.3) is 0 Å². The monoisotopic (exact) mass is 323 g/mol. The lowest BCUT2D eigenvalue weighted by molar-refractivity contribution is 0.129. The quantitative estimate of drug-likeness (QED) is 0.719.